The van der Waals surface area contributed by atoms with Crippen LogP contribution in [0.25, 0.3) is 0 Å². The Kier molecular flexibility index (Phi) is 7.23. The van der Waals surface area contributed by atoms with Crippen LogP contribution >= 0.6 is 0 Å². The van der Waals surface area contributed by atoms with Crippen LogP contribution in [0, 0.1) is 0 Å². The molecule has 1 aromatic rings. The van der Waals surface area contributed by atoms with E-state index in [0.717, 1.165) is 6.42 Å². The van der Waals surface area contributed by atoms with E-state index in [1.54, 1.807) is 0 Å². The number of benzene rings is 1. The number of aliphatic hydroxyl groups excluding tert-OH is 1. The maximum absolute atomic E-state index is 9.49. The van der Waals surface area contributed by atoms with E-state index >= 15 is 0 Å². The smallest absolute Gasteiger partial charge is 0.0520 e. The number of hydrogen-bond acceptors (Lipinski definition) is 1. The number of aliphatic hydroxyl groups is 1. The Labute approximate surface area is 113 Å². The molecule has 0 saturated heterocycles. The fourth-order valence-electron chi connectivity index (χ4n) is 2.18. The van der Waals surface area contributed by atoms with Gasteiger partial charge in [0.1, 0.15) is 0 Å². The Hall–Kier alpha value is -0.820. The SMILES string of the molecule is CC.CC(O)CC(C)(C)c1ccc(C(C)C)cc1. The van der Waals surface area contributed by atoms with Crippen LogP contribution in [0.4, 0.5) is 0 Å². The highest BCUT2D eigenvalue weighted by Crippen LogP contribution is 2.29. The fourth-order valence-corrected chi connectivity index (χ4v) is 2.18. The molecule has 0 aliphatic heterocycles. The number of rotatable bonds is 4. The van der Waals surface area contributed by atoms with E-state index in [1.807, 2.05) is 20.8 Å². The third-order valence-corrected chi connectivity index (χ3v) is 3.16. The maximum atomic E-state index is 9.49. The highest BCUT2D eigenvalue weighted by Gasteiger charge is 2.22. The van der Waals surface area contributed by atoms with Gasteiger partial charge in [0.15, 0.2) is 0 Å². The lowest BCUT2D eigenvalue weighted by Crippen LogP contribution is -2.22. The minimum atomic E-state index is -0.250. The summed E-state index contributed by atoms with van der Waals surface area (Å²) in [4.78, 5) is 0. The van der Waals surface area contributed by atoms with Gasteiger partial charge in [0.05, 0.1) is 6.10 Å². The molecule has 0 bridgehead atoms. The molecule has 1 unspecified atom stereocenters. The summed E-state index contributed by atoms with van der Waals surface area (Å²) in [5.41, 5.74) is 2.72. The summed E-state index contributed by atoms with van der Waals surface area (Å²) in [5, 5.41) is 9.49. The van der Waals surface area contributed by atoms with E-state index in [1.165, 1.54) is 11.1 Å². The first-order valence-electron chi connectivity index (χ1n) is 7.11. The van der Waals surface area contributed by atoms with Gasteiger partial charge in [0, 0.05) is 0 Å². The fraction of sp³-hybridized carbons (Fsp3) is 0.647. The van der Waals surface area contributed by atoms with Gasteiger partial charge < -0.3 is 5.11 Å². The second-order valence-electron chi connectivity index (χ2n) is 5.71. The zero-order valence-corrected chi connectivity index (χ0v) is 13.1. The lowest BCUT2D eigenvalue weighted by molar-refractivity contribution is 0.157. The zero-order valence-electron chi connectivity index (χ0n) is 13.1. The molecule has 0 aliphatic rings. The van der Waals surface area contributed by atoms with Crippen molar-refractivity contribution < 1.29 is 5.11 Å². The van der Waals surface area contributed by atoms with E-state index in [-0.39, 0.29) is 11.5 Å². The van der Waals surface area contributed by atoms with Crippen molar-refractivity contribution in [3.63, 3.8) is 0 Å². The summed E-state index contributed by atoms with van der Waals surface area (Å²) < 4.78 is 0. The summed E-state index contributed by atoms with van der Waals surface area (Å²) in [6.07, 6.45) is 0.549. The lowest BCUT2D eigenvalue weighted by atomic mass is 9.79. The van der Waals surface area contributed by atoms with Crippen LogP contribution < -0.4 is 0 Å². The Morgan fingerprint density at radius 3 is 1.78 bits per heavy atom. The van der Waals surface area contributed by atoms with Gasteiger partial charge in [-0.25, -0.2) is 0 Å². The van der Waals surface area contributed by atoms with Gasteiger partial charge >= 0.3 is 0 Å². The Morgan fingerprint density at radius 1 is 1.00 bits per heavy atom. The molecule has 1 heteroatoms. The first-order valence-corrected chi connectivity index (χ1v) is 7.11. The van der Waals surface area contributed by atoms with Crippen molar-refractivity contribution in [2.75, 3.05) is 0 Å². The van der Waals surface area contributed by atoms with Crippen LogP contribution in [0.15, 0.2) is 24.3 Å². The normalized spacial score (nSPS) is 12.9. The van der Waals surface area contributed by atoms with Crippen molar-refractivity contribution in [3.8, 4) is 0 Å². The molecular weight excluding hydrogens is 220 g/mol. The molecular formula is C17H30O. The summed E-state index contributed by atoms with van der Waals surface area (Å²) in [6.45, 7) is 14.6. The molecule has 18 heavy (non-hydrogen) atoms. The first kappa shape index (κ1) is 17.2. The molecule has 1 rings (SSSR count). The predicted octanol–water partition coefficient (Wildman–Crippen LogP) is 4.88. The van der Waals surface area contributed by atoms with Gasteiger partial charge in [0.2, 0.25) is 0 Å². The summed E-state index contributed by atoms with van der Waals surface area (Å²) in [6, 6.07) is 8.78. The predicted molar refractivity (Wildman–Crippen MR) is 81.2 cm³/mol. The average molecular weight is 250 g/mol. The topological polar surface area (TPSA) is 20.2 Å². The van der Waals surface area contributed by atoms with Gasteiger partial charge in [-0.05, 0) is 35.8 Å². The summed E-state index contributed by atoms with van der Waals surface area (Å²) >= 11 is 0. The Balaban J connectivity index is 0.00000137. The largest absolute Gasteiger partial charge is 0.393 e. The van der Waals surface area contributed by atoms with Gasteiger partial charge in [-0.1, -0.05) is 65.8 Å². The Morgan fingerprint density at radius 2 is 1.44 bits per heavy atom. The van der Waals surface area contributed by atoms with E-state index in [0.29, 0.717) is 5.92 Å². The molecule has 1 N–H and O–H groups in total. The van der Waals surface area contributed by atoms with Gasteiger partial charge in [-0.2, -0.15) is 0 Å². The average Bonchev–Trinajstić information content (AvgIpc) is 2.30. The zero-order chi connectivity index (χ0) is 14.3. The molecule has 0 radical (unpaired) electrons. The monoisotopic (exact) mass is 250 g/mol. The maximum Gasteiger partial charge on any atom is 0.0520 e. The number of hydrogen-bond donors (Lipinski definition) is 1. The van der Waals surface area contributed by atoms with Gasteiger partial charge in [0.25, 0.3) is 0 Å². The molecule has 104 valence electrons. The van der Waals surface area contributed by atoms with E-state index < -0.39 is 0 Å². The van der Waals surface area contributed by atoms with E-state index in [4.69, 9.17) is 0 Å². The molecule has 0 aliphatic carbocycles. The Bertz CT molecular complexity index is 320. The standard InChI is InChI=1S/C15H24O.C2H6/c1-11(2)13-6-8-14(9-7-13)15(4,5)10-12(3)16;1-2/h6-9,11-12,16H,10H2,1-5H3;1-2H3. The minimum absolute atomic E-state index is 0.0453. The molecule has 0 saturated carbocycles. The third-order valence-electron chi connectivity index (χ3n) is 3.16. The molecule has 0 fully saturated rings. The van der Waals surface area contributed by atoms with Crippen molar-refractivity contribution in [1.29, 1.82) is 0 Å². The van der Waals surface area contributed by atoms with Crippen LogP contribution in [0.3, 0.4) is 0 Å². The van der Waals surface area contributed by atoms with Crippen LogP contribution in [0.2, 0.25) is 0 Å². The van der Waals surface area contributed by atoms with Crippen LogP contribution in [-0.4, -0.2) is 11.2 Å². The van der Waals surface area contributed by atoms with E-state index in [9.17, 15) is 5.11 Å². The van der Waals surface area contributed by atoms with Crippen molar-refractivity contribution in [2.45, 2.75) is 72.3 Å². The lowest BCUT2D eigenvalue weighted by Gasteiger charge is -2.27. The molecule has 0 spiro atoms. The highest BCUT2D eigenvalue weighted by atomic mass is 16.3. The van der Waals surface area contributed by atoms with E-state index in [2.05, 4.69) is 52.0 Å². The summed E-state index contributed by atoms with van der Waals surface area (Å²) in [7, 11) is 0. The molecule has 0 aromatic heterocycles. The first-order chi connectivity index (χ1) is 8.33. The van der Waals surface area contributed by atoms with Crippen LogP contribution in [-0.2, 0) is 5.41 Å². The molecule has 0 amide bonds. The van der Waals surface area contributed by atoms with Gasteiger partial charge in [-0.15, -0.1) is 0 Å². The molecule has 1 atom stereocenters. The highest BCUT2D eigenvalue weighted by molar-refractivity contribution is 5.29. The van der Waals surface area contributed by atoms with Crippen molar-refractivity contribution in [1.82, 2.24) is 0 Å². The second-order valence-corrected chi connectivity index (χ2v) is 5.71. The second kappa shape index (κ2) is 7.58. The van der Waals surface area contributed by atoms with Crippen LogP contribution in [0.1, 0.15) is 71.9 Å². The van der Waals surface area contributed by atoms with Crippen molar-refractivity contribution >= 4 is 0 Å². The van der Waals surface area contributed by atoms with Crippen molar-refractivity contribution in [2.24, 2.45) is 0 Å². The third kappa shape index (κ3) is 5.22. The molecule has 1 aromatic carbocycles. The summed E-state index contributed by atoms with van der Waals surface area (Å²) in [5.74, 6) is 0.578. The quantitative estimate of drug-likeness (QED) is 0.807. The van der Waals surface area contributed by atoms with Crippen molar-refractivity contribution in [3.05, 3.63) is 35.4 Å². The minimum Gasteiger partial charge on any atom is -0.393 e. The molecule has 0 heterocycles. The van der Waals surface area contributed by atoms with Crippen LogP contribution in [0.5, 0.6) is 0 Å². The van der Waals surface area contributed by atoms with Gasteiger partial charge in [-0.3, -0.25) is 0 Å². The molecule has 1 nitrogen and oxygen atoms in total.